The molecule has 6 aromatic carbocycles. The van der Waals surface area contributed by atoms with Gasteiger partial charge in [0.25, 0.3) is 0 Å². The van der Waals surface area contributed by atoms with Crippen LogP contribution in [-0.4, -0.2) is 292 Å². The van der Waals surface area contributed by atoms with E-state index in [2.05, 4.69) is 449 Å². The molecule has 0 aliphatic heterocycles. The maximum absolute atomic E-state index is 5.28. The number of likely N-dealkylation sites (N-methyl/N-ethyl adjacent to an activating group) is 1. The Kier molecular flexibility index (Phi) is 111. The summed E-state index contributed by atoms with van der Waals surface area (Å²) in [6.07, 6.45) is 48.7. The number of rotatable bonds is 43. The van der Waals surface area contributed by atoms with Gasteiger partial charge in [0.05, 0.1) is 58.9 Å². The average Bonchev–Trinajstić information content (AvgIpc) is 0.900. The highest BCUT2D eigenvalue weighted by atomic mass is 15.1. The van der Waals surface area contributed by atoms with E-state index >= 15 is 0 Å². The normalized spacial score (nSPS) is 10.1. The Morgan fingerprint density at radius 1 is 0.233 bits per heavy atom. The third-order valence-electron chi connectivity index (χ3n) is 19.5. The predicted octanol–water partition coefficient (Wildman–Crippen LogP) is 22.1. The second-order valence-corrected chi connectivity index (χ2v) is 33.0. The largest absolute Gasteiger partial charge is 0.309 e. The highest BCUT2D eigenvalue weighted by Gasteiger charge is 2.08. The second-order valence-electron chi connectivity index (χ2n) is 33.0. The molecule has 0 aliphatic rings. The predicted molar refractivity (Wildman–Crippen MR) is 595 cm³/mol. The standard InChI is InChI=1S/C13H21N.C11H17N.C11H21N.3C10H15N.C9H13N.2C9H17N.C9H9N.2C7H13N.C5H9N/c1-3-10-14(11-4-2)12-13-8-6-5-7-9-13;1-3-12(4-2)10-11-8-6-5-7-9-11;1-4-7-10-12(9-6-3)11-8-5-2;1-9(11(2)3)10-7-5-4-6-8-10;1-11(2)9-8-10-6-4-3-5-7-10;1-3-11(2)9-10-7-5-4-6-8-10;1-10(2)8-9-6-4-3-5-7-9;1-4-7-8-9-10(5-2)6-3;2*1-4-7-10(8-5-2)9-6-3;1-4-5-6-7-8(2)3;1-4-7-8(5-2)6-3;1-4-5-6(2)3/h5-9H,3-4,10-12H2,1-2H3;5-9H,3-4,10H2,1-2H3;3H,4-5,7-11H2,1-2H3;4-9H,1-3H3;3-7H,8-9H2,1-2H3;4-8H,3,9H2,1-2H3;3-7H,8H2,1-2H3;4-6,9H2,1-3H3;1H,5-9H2,2-3H3;1-3H,7-9H2;4,7H2,1-3H3;1H,5-7H2,2-3H3;1H,5H2,2-3H3. The Labute approximate surface area is 825 Å². The fraction of sp³-hybridized carbons (Fsp3) is 0.550. The Bertz CT molecular complexity index is 3740. The summed E-state index contributed by atoms with van der Waals surface area (Å²) in [6.45, 7) is 61.4. The summed E-state index contributed by atoms with van der Waals surface area (Å²) in [6, 6.07) is 63.9. The van der Waals surface area contributed by atoms with Gasteiger partial charge in [-0.3, -0.25) is 44.1 Å². The molecule has 0 N–H and O–H groups in total. The van der Waals surface area contributed by atoms with Crippen molar-refractivity contribution in [2.45, 2.75) is 214 Å². The number of unbranched alkanes of at least 4 members (excludes halogenated alkanes) is 2. The van der Waals surface area contributed by atoms with Gasteiger partial charge in [0.1, 0.15) is 0 Å². The number of nitrogens with zero attached hydrogens (tertiary/aromatic N) is 13. The highest BCUT2D eigenvalue weighted by Crippen LogP contribution is 2.16. The number of benzene rings is 6. The average molecular weight is 1820 g/mol. The van der Waals surface area contributed by atoms with Gasteiger partial charge >= 0.3 is 0 Å². The van der Waals surface area contributed by atoms with Crippen LogP contribution >= 0.6 is 0 Å². The van der Waals surface area contributed by atoms with Crippen LogP contribution in [0.3, 0.4) is 0 Å². The van der Waals surface area contributed by atoms with Gasteiger partial charge in [-0.25, -0.2) is 0 Å². The minimum Gasteiger partial charge on any atom is -0.309 e. The smallest absolute Gasteiger partial charge is 0.0616 e. The molecule has 740 valence electrons. The van der Waals surface area contributed by atoms with Crippen LogP contribution in [0.25, 0.3) is 0 Å². The lowest BCUT2D eigenvalue weighted by Gasteiger charge is -2.20. The van der Waals surface area contributed by atoms with Gasteiger partial charge in [-0.15, -0.1) is 56.8 Å². The zero-order valence-corrected chi connectivity index (χ0v) is 90.1. The van der Waals surface area contributed by atoms with E-state index in [0.29, 0.717) is 25.7 Å². The molecule has 6 rings (SSSR count). The van der Waals surface area contributed by atoms with E-state index in [9.17, 15) is 0 Å². The molecule has 0 amide bonds. The van der Waals surface area contributed by atoms with Crippen molar-refractivity contribution in [2.75, 3.05) is 228 Å². The maximum atomic E-state index is 5.28. The Morgan fingerprint density at radius 2 is 0.519 bits per heavy atom. The van der Waals surface area contributed by atoms with Crippen molar-refractivity contribution in [3.63, 3.8) is 0 Å². The monoisotopic (exact) mass is 1820 g/mol. The summed E-state index contributed by atoms with van der Waals surface area (Å²) in [7, 11) is 22.6. The van der Waals surface area contributed by atoms with Gasteiger partial charge in [0, 0.05) is 51.6 Å². The quantitative estimate of drug-likeness (QED) is 0.0342. The van der Waals surface area contributed by atoms with Gasteiger partial charge in [0.15, 0.2) is 0 Å². The fourth-order valence-corrected chi connectivity index (χ4v) is 11.6. The van der Waals surface area contributed by atoms with E-state index in [1.54, 1.807) is 0 Å². The fourth-order valence-electron chi connectivity index (χ4n) is 11.6. The third-order valence-corrected chi connectivity index (χ3v) is 19.5. The summed E-state index contributed by atoms with van der Waals surface area (Å²) in [5.41, 5.74) is 8.37. The molecular weight excluding hydrogens is 1620 g/mol. The molecule has 0 aliphatic carbocycles. The van der Waals surface area contributed by atoms with Crippen molar-refractivity contribution in [3.05, 3.63) is 215 Å². The topological polar surface area (TPSA) is 42.1 Å². The third kappa shape index (κ3) is 102. The van der Waals surface area contributed by atoms with Crippen LogP contribution in [0.1, 0.15) is 214 Å². The molecule has 0 bridgehead atoms. The van der Waals surface area contributed by atoms with Crippen LogP contribution in [0.4, 0.5) is 0 Å². The first-order valence-corrected chi connectivity index (χ1v) is 49.3. The molecule has 13 heteroatoms. The molecule has 13 nitrogen and oxygen atoms in total. The molecule has 0 radical (unpaired) electrons. The lowest BCUT2D eigenvalue weighted by Crippen LogP contribution is -2.26. The van der Waals surface area contributed by atoms with Crippen molar-refractivity contribution in [1.29, 1.82) is 0 Å². The Balaban J connectivity index is -0.000000260. The summed E-state index contributed by atoms with van der Waals surface area (Å²) >= 11 is 0. The van der Waals surface area contributed by atoms with Crippen molar-refractivity contribution >= 4 is 0 Å². The molecule has 0 spiro atoms. The highest BCUT2D eigenvalue weighted by molar-refractivity contribution is 5.20. The Hall–Kier alpha value is -9.16. The molecule has 133 heavy (non-hydrogen) atoms. The zero-order chi connectivity index (χ0) is 101. The zero-order valence-electron chi connectivity index (χ0n) is 90.1. The number of hydrogen-bond acceptors (Lipinski definition) is 13. The molecule has 0 heterocycles. The lowest BCUT2D eigenvalue weighted by atomic mass is 10.1. The first-order valence-electron chi connectivity index (χ1n) is 49.3. The van der Waals surface area contributed by atoms with Crippen LogP contribution in [0.2, 0.25) is 0 Å². The van der Waals surface area contributed by atoms with Crippen molar-refractivity contribution in [3.8, 4) is 110 Å². The molecular formula is C120H195N13. The molecule has 0 saturated carbocycles. The first kappa shape index (κ1) is 137. The van der Waals surface area contributed by atoms with E-state index < -0.39 is 0 Å². The summed E-state index contributed by atoms with van der Waals surface area (Å²) < 4.78 is 0. The van der Waals surface area contributed by atoms with Gasteiger partial charge in [-0.05, 0) is 248 Å². The second kappa shape index (κ2) is 108. The molecule has 1 unspecified atom stereocenters. The van der Waals surface area contributed by atoms with E-state index in [1.165, 1.54) is 111 Å². The van der Waals surface area contributed by atoms with Crippen molar-refractivity contribution in [2.24, 2.45) is 0 Å². The van der Waals surface area contributed by atoms with Gasteiger partial charge in [0.2, 0.25) is 0 Å². The van der Waals surface area contributed by atoms with Crippen molar-refractivity contribution < 1.29 is 0 Å². The minimum atomic E-state index is 0.510. The van der Waals surface area contributed by atoms with E-state index in [-0.39, 0.29) is 0 Å². The van der Waals surface area contributed by atoms with Crippen LogP contribution < -0.4 is 0 Å². The van der Waals surface area contributed by atoms with Crippen LogP contribution in [0.5, 0.6) is 0 Å². The summed E-state index contributed by atoms with van der Waals surface area (Å²) in [4.78, 5) is 28.8. The van der Waals surface area contributed by atoms with E-state index in [1.807, 2.05) is 50.1 Å². The molecule has 0 saturated heterocycles. The lowest BCUT2D eigenvalue weighted by molar-refractivity contribution is 0.266. The van der Waals surface area contributed by atoms with Gasteiger partial charge in [-0.2, -0.15) is 0 Å². The van der Waals surface area contributed by atoms with E-state index in [0.717, 1.165) is 150 Å². The Morgan fingerprint density at radius 3 is 0.797 bits per heavy atom. The minimum absolute atomic E-state index is 0.510. The van der Waals surface area contributed by atoms with Crippen LogP contribution in [0.15, 0.2) is 182 Å². The number of terminal acetylenes is 7. The van der Waals surface area contributed by atoms with Crippen LogP contribution in [-0.2, 0) is 32.6 Å². The van der Waals surface area contributed by atoms with Crippen molar-refractivity contribution in [1.82, 2.24) is 63.7 Å². The molecule has 0 fully saturated rings. The molecule has 1 atom stereocenters. The maximum Gasteiger partial charge on any atom is 0.0616 e. The van der Waals surface area contributed by atoms with E-state index in [4.69, 9.17) is 45.0 Å². The molecule has 0 aromatic heterocycles. The number of hydrogen-bond donors (Lipinski definition) is 0. The van der Waals surface area contributed by atoms with Gasteiger partial charge in [-0.1, -0.05) is 352 Å². The summed E-state index contributed by atoms with van der Waals surface area (Å²) in [5, 5.41) is 0. The first-order chi connectivity index (χ1) is 64.1. The van der Waals surface area contributed by atoms with Gasteiger partial charge < -0.3 is 19.6 Å². The molecule has 6 aromatic rings. The summed E-state index contributed by atoms with van der Waals surface area (Å²) in [5.74, 6) is 30.0. The van der Waals surface area contributed by atoms with Crippen LogP contribution in [0, 0.1) is 110 Å². The SMILES string of the molecule is C#CCN(C)C.C#CCN(CC#C)CC#C.C#CCN(CC)CC.C#CCN(CCC)CCC.C#CCN(CCCC)CCCC.CC(c1ccccc1)N(C)C.CCC#CCN(C)C.CCC#CCN(CC)CC.CCCN(CCC)Cc1ccccc1.CCN(C)Cc1ccccc1.CCN(CC)Cc1ccccc1.CN(C)CCc1ccccc1.CN(C)Cc1ccccc1.